The summed E-state index contributed by atoms with van der Waals surface area (Å²) < 4.78 is 0. The van der Waals surface area contributed by atoms with Gasteiger partial charge in [0.15, 0.2) is 0 Å². The lowest BCUT2D eigenvalue weighted by atomic mass is 10.0. The summed E-state index contributed by atoms with van der Waals surface area (Å²) in [7, 11) is 0. The number of hydrogen-bond acceptors (Lipinski definition) is 3. The molecule has 0 radical (unpaired) electrons. The van der Waals surface area contributed by atoms with Crippen molar-refractivity contribution in [1.29, 1.82) is 5.41 Å². The van der Waals surface area contributed by atoms with Crippen LogP contribution in [0.4, 0.5) is 0 Å². The third-order valence-corrected chi connectivity index (χ3v) is 1.17. The summed E-state index contributed by atoms with van der Waals surface area (Å²) in [4.78, 5) is 20.3. The maximum Gasteiger partial charge on any atom is 0.307 e. The van der Waals surface area contributed by atoms with Crippen LogP contribution in [0.3, 0.4) is 0 Å². The fourth-order valence-electron chi connectivity index (χ4n) is 0.625. The topological polar surface area (TPSA) is 98.5 Å². The zero-order chi connectivity index (χ0) is 8.85. The van der Waals surface area contributed by atoms with Crippen molar-refractivity contribution < 1.29 is 19.8 Å². The Morgan fingerprint density at radius 2 is 2.00 bits per heavy atom. The van der Waals surface area contributed by atoms with Crippen molar-refractivity contribution in [2.75, 3.05) is 0 Å². The summed E-state index contributed by atoms with van der Waals surface area (Å²) in [5.41, 5.74) is 0. The minimum atomic E-state index is -1.17. The van der Waals surface area contributed by atoms with Crippen molar-refractivity contribution in [1.82, 2.24) is 0 Å². The van der Waals surface area contributed by atoms with Gasteiger partial charge in [-0.05, 0) is 12.6 Å². The first-order chi connectivity index (χ1) is 5.07. The number of carboxylic acids is 2. The standard InChI is InChI=1S/C6H9NO4/c7-2-1-4(6(10)11)3-5(8)9/h2,4,7H,1,3H2,(H,8,9)(H,10,11)/t4-/m0/s1. The summed E-state index contributed by atoms with van der Waals surface area (Å²) in [6.45, 7) is 0. The van der Waals surface area contributed by atoms with Crippen LogP contribution >= 0.6 is 0 Å². The van der Waals surface area contributed by atoms with Gasteiger partial charge in [-0.3, -0.25) is 9.59 Å². The minimum Gasteiger partial charge on any atom is -0.481 e. The van der Waals surface area contributed by atoms with Gasteiger partial charge in [-0.2, -0.15) is 0 Å². The highest BCUT2D eigenvalue weighted by molar-refractivity contribution is 5.80. The second-order valence-corrected chi connectivity index (χ2v) is 2.07. The molecule has 0 aromatic carbocycles. The van der Waals surface area contributed by atoms with Gasteiger partial charge in [0.05, 0.1) is 12.3 Å². The maximum absolute atomic E-state index is 10.3. The predicted molar refractivity (Wildman–Crippen MR) is 36.8 cm³/mol. The average Bonchev–Trinajstić information content (AvgIpc) is 1.86. The molecule has 0 saturated heterocycles. The van der Waals surface area contributed by atoms with Crippen LogP contribution < -0.4 is 0 Å². The second-order valence-electron chi connectivity index (χ2n) is 2.07. The van der Waals surface area contributed by atoms with E-state index in [2.05, 4.69) is 0 Å². The fourth-order valence-corrected chi connectivity index (χ4v) is 0.625. The van der Waals surface area contributed by atoms with Gasteiger partial charge in [0.25, 0.3) is 0 Å². The fraction of sp³-hybridized carbons (Fsp3) is 0.500. The number of nitrogens with one attached hydrogen (secondary N) is 1. The Labute approximate surface area is 63.2 Å². The summed E-state index contributed by atoms with van der Waals surface area (Å²) in [6, 6.07) is 0. The van der Waals surface area contributed by atoms with E-state index in [0.717, 1.165) is 6.21 Å². The first-order valence-corrected chi connectivity index (χ1v) is 3.01. The molecule has 0 rings (SSSR count). The Hall–Kier alpha value is -1.39. The van der Waals surface area contributed by atoms with Crippen LogP contribution in [0.1, 0.15) is 12.8 Å². The second kappa shape index (κ2) is 4.43. The molecule has 0 bridgehead atoms. The molecule has 11 heavy (non-hydrogen) atoms. The lowest BCUT2D eigenvalue weighted by Crippen LogP contribution is -2.17. The van der Waals surface area contributed by atoms with Gasteiger partial charge in [-0.1, -0.05) is 0 Å². The normalized spacial score (nSPS) is 12.0. The molecular formula is C6H9NO4. The SMILES string of the molecule is N=CC[C@@H](CC(=O)O)C(=O)O. The van der Waals surface area contributed by atoms with E-state index in [9.17, 15) is 9.59 Å². The van der Waals surface area contributed by atoms with E-state index in [4.69, 9.17) is 15.6 Å². The Bertz CT molecular complexity index is 177. The molecule has 0 unspecified atom stereocenters. The Balaban J connectivity index is 3.99. The average molecular weight is 159 g/mol. The molecular weight excluding hydrogens is 150 g/mol. The lowest BCUT2D eigenvalue weighted by molar-refractivity contribution is -0.147. The molecule has 0 aliphatic carbocycles. The number of rotatable bonds is 5. The molecule has 0 saturated carbocycles. The Kier molecular flexibility index (Phi) is 3.87. The van der Waals surface area contributed by atoms with Gasteiger partial charge in [-0.15, -0.1) is 0 Å². The molecule has 3 N–H and O–H groups in total. The first kappa shape index (κ1) is 9.61. The number of hydrogen-bond donors (Lipinski definition) is 3. The molecule has 1 atom stereocenters. The van der Waals surface area contributed by atoms with Crippen LogP contribution in [-0.4, -0.2) is 28.4 Å². The zero-order valence-corrected chi connectivity index (χ0v) is 5.78. The first-order valence-electron chi connectivity index (χ1n) is 3.01. The van der Waals surface area contributed by atoms with Crippen molar-refractivity contribution in [2.45, 2.75) is 12.8 Å². The van der Waals surface area contributed by atoms with Crippen molar-refractivity contribution in [2.24, 2.45) is 5.92 Å². The van der Waals surface area contributed by atoms with E-state index in [0.29, 0.717) is 0 Å². The molecule has 0 amide bonds. The number of carboxylic acid groups (broad SMARTS) is 2. The van der Waals surface area contributed by atoms with E-state index in [-0.39, 0.29) is 6.42 Å². The molecule has 0 heterocycles. The molecule has 0 fully saturated rings. The summed E-state index contributed by atoms with van der Waals surface area (Å²) in [5, 5.41) is 23.2. The maximum atomic E-state index is 10.3. The minimum absolute atomic E-state index is 0.0262. The molecule has 0 aliphatic heterocycles. The van der Waals surface area contributed by atoms with Crippen LogP contribution in [0.2, 0.25) is 0 Å². The highest BCUT2D eigenvalue weighted by atomic mass is 16.4. The van der Waals surface area contributed by atoms with E-state index >= 15 is 0 Å². The van der Waals surface area contributed by atoms with Crippen LogP contribution in [0, 0.1) is 11.3 Å². The number of carbonyl (C=O) groups is 2. The molecule has 5 nitrogen and oxygen atoms in total. The summed E-state index contributed by atoms with van der Waals surface area (Å²) >= 11 is 0. The van der Waals surface area contributed by atoms with E-state index in [1.165, 1.54) is 0 Å². The zero-order valence-electron chi connectivity index (χ0n) is 5.78. The molecule has 0 aromatic rings. The van der Waals surface area contributed by atoms with E-state index in [1.807, 2.05) is 0 Å². The van der Waals surface area contributed by atoms with Gasteiger partial charge < -0.3 is 15.6 Å². The van der Waals surface area contributed by atoms with Crippen molar-refractivity contribution in [3.8, 4) is 0 Å². The van der Waals surface area contributed by atoms with Gasteiger partial charge >= 0.3 is 11.9 Å². The van der Waals surface area contributed by atoms with Crippen LogP contribution in [-0.2, 0) is 9.59 Å². The van der Waals surface area contributed by atoms with Gasteiger partial charge in [-0.25, -0.2) is 0 Å². The smallest absolute Gasteiger partial charge is 0.307 e. The van der Waals surface area contributed by atoms with Crippen LogP contribution in [0.25, 0.3) is 0 Å². The highest BCUT2D eigenvalue weighted by Gasteiger charge is 2.19. The molecule has 0 spiro atoms. The van der Waals surface area contributed by atoms with Crippen LogP contribution in [0.15, 0.2) is 0 Å². The molecule has 0 aromatic heterocycles. The van der Waals surface area contributed by atoms with Gasteiger partial charge in [0.1, 0.15) is 0 Å². The number of aliphatic carboxylic acids is 2. The van der Waals surface area contributed by atoms with Crippen molar-refractivity contribution >= 4 is 18.2 Å². The van der Waals surface area contributed by atoms with Gasteiger partial charge in [0, 0.05) is 0 Å². The van der Waals surface area contributed by atoms with E-state index < -0.39 is 24.3 Å². The van der Waals surface area contributed by atoms with Crippen molar-refractivity contribution in [3.05, 3.63) is 0 Å². The summed E-state index contributed by atoms with van der Waals surface area (Å²) in [5.74, 6) is -3.29. The molecule has 0 aliphatic rings. The Morgan fingerprint density at radius 3 is 2.27 bits per heavy atom. The lowest BCUT2D eigenvalue weighted by Gasteiger charge is -2.04. The predicted octanol–water partition coefficient (Wildman–Crippen LogP) is 0.202. The molecule has 62 valence electrons. The van der Waals surface area contributed by atoms with E-state index in [1.54, 1.807) is 0 Å². The third kappa shape index (κ3) is 4.07. The Morgan fingerprint density at radius 1 is 1.45 bits per heavy atom. The quantitative estimate of drug-likeness (QED) is 0.499. The summed E-state index contributed by atoms with van der Waals surface area (Å²) in [6.07, 6.45) is 0.452. The molecule has 5 heteroatoms. The van der Waals surface area contributed by atoms with Gasteiger partial charge in [0.2, 0.25) is 0 Å². The monoisotopic (exact) mass is 159 g/mol. The van der Waals surface area contributed by atoms with Crippen molar-refractivity contribution in [3.63, 3.8) is 0 Å². The van der Waals surface area contributed by atoms with Crippen LogP contribution in [0.5, 0.6) is 0 Å². The highest BCUT2D eigenvalue weighted by Crippen LogP contribution is 2.06. The largest absolute Gasteiger partial charge is 0.481 e. The third-order valence-electron chi connectivity index (χ3n) is 1.17.